The van der Waals surface area contributed by atoms with Gasteiger partial charge in [0.05, 0.1) is 10.7 Å². The molecule has 0 saturated carbocycles. The Hall–Kier alpha value is -2.35. The Morgan fingerprint density at radius 2 is 1.97 bits per heavy atom. The van der Waals surface area contributed by atoms with Crippen molar-refractivity contribution < 1.29 is 19.0 Å². The first-order chi connectivity index (χ1) is 15.5. The standard InChI is InChI=1S/C24H29ClFN3O3/c25-20-8-7-18(29-11-3-6-24(29)31)14-22(20)27-17-9-12-28(13-10-17)15-19(30)16-32-23-5-2-1-4-21(23)26/h1-2,4-5,7-8,14,17,19,27,30H,3,6,9-13,15-16H2/t19-/m1/s1. The maximum absolute atomic E-state index is 13.6. The molecule has 2 saturated heterocycles. The van der Waals surface area contributed by atoms with Gasteiger partial charge in [-0.2, -0.15) is 0 Å². The van der Waals surface area contributed by atoms with E-state index in [1.54, 1.807) is 18.2 Å². The van der Waals surface area contributed by atoms with Crippen molar-refractivity contribution in [1.82, 2.24) is 4.90 Å². The largest absolute Gasteiger partial charge is 0.488 e. The molecule has 0 unspecified atom stereocenters. The van der Waals surface area contributed by atoms with Crippen molar-refractivity contribution in [2.45, 2.75) is 37.8 Å². The van der Waals surface area contributed by atoms with Crippen LogP contribution in [0.5, 0.6) is 5.75 Å². The number of carbonyl (C=O) groups is 1. The second kappa shape index (κ2) is 10.5. The lowest BCUT2D eigenvalue weighted by Gasteiger charge is -2.34. The molecule has 1 atom stereocenters. The summed E-state index contributed by atoms with van der Waals surface area (Å²) in [6.07, 6.45) is 2.61. The Morgan fingerprint density at radius 3 is 2.69 bits per heavy atom. The molecule has 8 heteroatoms. The van der Waals surface area contributed by atoms with Crippen LogP contribution in [0.2, 0.25) is 5.02 Å². The lowest BCUT2D eigenvalue weighted by Crippen LogP contribution is -2.43. The molecule has 2 fully saturated rings. The topological polar surface area (TPSA) is 65.0 Å². The van der Waals surface area contributed by atoms with Gasteiger partial charge in [-0.3, -0.25) is 4.79 Å². The fourth-order valence-corrected chi connectivity index (χ4v) is 4.46. The van der Waals surface area contributed by atoms with Crippen LogP contribution >= 0.6 is 11.6 Å². The third-order valence-corrected chi connectivity index (χ3v) is 6.35. The molecule has 0 radical (unpaired) electrons. The number of nitrogens with one attached hydrogen (secondary N) is 1. The number of hydrogen-bond acceptors (Lipinski definition) is 5. The fraction of sp³-hybridized carbons (Fsp3) is 0.458. The molecular weight excluding hydrogens is 433 g/mol. The van der Waals surface area contributed by atoms with Gasteiger partial charge in [0.1, 0.15) is 12.7 Å². The van der Waals surface area contributed by atoms with E-state index in [0.29, 0.717) is 18.0 Å². The highest BCUT2D eigenvalue weighted by Crippen LogP contribution is 2.31. The summed E-state index contributed by atoms with van der Waals surface area (Å²) in [4.78, 5) is 16.1. The number of hydrogen-bond donors (Lipinski definition) is 2. The molecule has 2 aliphatic rings. The number of benzene rings is 2. The number of likely N-dealkylation sites (tertiary alicyclic amines) is 1. The Kier molecular flexibility index (Phi) is 7.50. The van der Waals surface area contributed by atoms with Gasteiger partial charge < -0.3 is 25.0 Å². The molecule has 0 aromatic heterocycles. The van der Waals surface area contributed by atoms with Gasteiger partial charge >= 0.3 is 0 Å². The molecule has 0 aliphatic carbocycles. The number of anilines is 2. The van der Waals surface area contributed by atoms with E-state index in [1.165, 1.54) is 6.07 Å². The van der Waals surface area contributed by atoms with Gasteiger partial charge in [-0.05, 0) is 49.6 Å². The number of aliphatic hydroxyl groups is 1. The van der Waals surface area contributed by atoms with Gasteiger partial charge in [0.15, 0.2) is 11.6 Å². The number of β-amino-alcohol motifs (C(OH)–C–C–N with tert-alkyl or cyclic N) is 1. The molecule has 4 rings (SSSR count). The van der Waals surface area contributed by atoms with E-state index in [0.717, 1.165) is 50.3 Å². The highest BCUT2D eigenvalue weighted by Gasteiger charge is 2.24. The zero-order valence-electron chi connectivity index (χ0n) is 18.0. The Bertz CT molecular complexity index is 936. The maximum atomic E-state index is 13.6. The number of amides is 1. The van der Waals surface area contributed by atoms with Gasteiger partial charge in [0.2, 0.25) is 5.91 Å². The molecule has 2 aliphatic heterocycles. The highest BCUT2D eigenvalue weighted by molar-refractivity contribution is 6.33. The summed E-state index contributed by atoms with van der Waals surface area (Å²) >= 11 is 6.40. The molecule has 2 aromatic rings. The first kappa shape index (κ1) is 22.8. The first-order valence-corrected chi connectivity index (χ1v) is 11.5. The fourth-order valence-electron chi connectivity index (χ4n) is 4.29. The minimum atomic E-state index is -0.691. The van der Waals surface area contributed by atoms with Gasteiger partial charge in [-0.25, -0.2) is 4.39 Å². The van der Waals surface area contributed by atoms with Crippen LogP contribution in [0.25, 0.3) is 0 Å². The molecule has 1 amide bonds. The van der Waals surface area contributed by atoms with Crippen molar-refractivity contribution in [3.8, 4) is 5.75 Å². The predicted molar refractivity (Wildman–Crippen MR) is 124 cm³/mol. The van der Waals surface area contributed by atoms with Crippen LogP contribution in [0.15, 0.2) is 42.5 Å². The number of rotatable bonds is 8. The van der Waals surface area contributed by atoms with E-state index in [-0.39, 0.29) is 24.3 Å². The van der Waals surface area contributed by atoms with Crippen molar-refractivity contribution in [1.29, 1.82) is 0 Å². The minimum Gasteiger partial charge on any atom is -0.488 e. The highest BCUT2D eigenvalue weighted by atomic mass is 35.5. The SMILES string of the molecule is O=C1CCCN1c1ccc(Cl)c(NC2CCN(C[C@@H](O)COc3ccccc3F)CC2)c1. The molecule has 2 heterocycles. The average molecular weight is 462 g/mol. The number of nitrogens with zero attached hydrogens (tertiary/aromatic N) is 2. The van der Waals surface area contributed by atoms with Crippen LogP contribution in [0.1, 0.15) is 25.7 Å². The van der Waals surface area contributed by atoms with E-state index in [4.69, 9.17) is 16.3 Å². The summed E-state index contributed by atoms with van der Waals surface area (Å²) in [5.41, 5.74) is 1.73. The van der Waals surface area contributed by atoms with E-state index < -0.39 is 11.9 Å². The van der Waals surface area contributed by atoms with Crippen LogP contribution in [-0.2, 0) is 4.79 Å². The third kappa shape index (κ3) is 5.71. The minimum absolute atomic E-state index is 0.0523. The molecule has 2 N–H and O–H groups in total. The number of para-hydroxylation sites is 1. The van der Waals surface area contributed by atoms with Crippen molar-refractivity contribution in [2.75, 3.05) is 43.0 Å². The normalized spacial score (nSPS) is 18.7. The monoisotopic (exact) mass is 461 g/mol. The summed E-state index contributed by atoms with van der Waals surface area (Å²) < 4.78 is 19.0. The molecule has 6 nitrogen and oxygen atoms in total. The number of piperidine rings is 1. The van der Waals surface area contributed by atoms with Crippen molar-refractivity contribution in [3.63, 3.8) is 0 Å². The average Bonchev–Trinajstić information content (AvgIpc) is 3.22. The van der Waals surface area contributed by atoms with Crippen LogP contribution in [-0.4, -0.2) is 60.8 Å². The van der Waals surface area contributed by atoms with Crippen molar-refractivity contribution in [2.24, 2.45) is 0 Å². The molecule has 0 spiro atoms. The summed E-state index contributed by atoms with van der Waals surface area (Å²) in [7, 11) is 0. The second-order valence-electron chi connectivity index (χ2n) is 8.43. The summed E-state index contributed by atoms with van der Waals surface area (Å²) in [6, 6.07) is 12.2. The van der Waals surface area contributed by atoms with Crippen LogP contribution in [0, 0.1) is 5.82 Å². The lowest BCUT2D eigenvalue weighted by molar-refractivity contribution is -0.117. The van der Waals surface area contributed by atoms with E-state index in [9.17, 15) is 14.3 Å². The Balaban J connectivity index is 1.24. The van der Waals surface area contributed by atoms with Crippen molar-refractivity contribution in [3.05, 3.63) is 53.3 Å². The summed E-state index contributed by atoms with van der Waals surface area (Å²) in [6.45, 7) is 2.94. The zero-order valence-corrected chi connectivity index (χ0v) is 18.7. The Morgan fingerprint density at radius 1 is 1.19 bits per heavy atom. The van der Waals surface area contributed by atoms with E-state index in [1.807, 2.05) is 23.1 Å². The molecule has 2 aromatic carbocycles. The van der Waals surface area contributed by atoms with Crippen LogP contribution in [0.3, 0.4) is 0 Å². The number of ether oxygens (including phenoxy) is 1. The van der Waals surface area contributed by atoms with Crippen LogP contribution < -0.4 is 15.0 Å². The lowest BCUT2D eigenvalue weighted by atomic mass is 10.0. The zero-order chi connectivity index (χ0) is 22.5. The van der Waals surface area contributed by atoms with Gasteiger partial charge in [0.25, 0.3) is 0 Å². The third-order valence-electron chi connectivity index (χ3n) is 6.02. The molecule has 0 bridgehead atoms. The summed E-state index contributed by atoms with van der Waals surface area (Å²) in [5, 5.41) is 14.5. The number of carbonyl (C=O) groups excluding carboxylic acids is 1. The van der Waals surface area contributed by atoms with Gasteiger partial charge in [0, 0.05) is 44.3 Å². The maximum Gasteiger partial charge on any atom is 0.227 e. The van der Waals surface area contributed by atoms with E-state index in [2.05, 4.69) is 10.2 Å². The predicted octanol–water partition coefficient (Wildman–Crippen LogP) is 3.92. The van der Waals surface area contributed by atoms with Crippen molar-refractivity contribution >= 4 is 28.9 Å². The molecular formula is C24H29ClFN3O3. The first-order valence-electron chi connectivity index (χ1n) is 11.1. The molecule has 32 heavy (non-hydrogen) atoms. The quantitative estimate of drug-likeness (QED) is 0.623. The number of halogens is 2. The Labute approximate surface area is 192 Å². The van der Waals surface area contributed by atoms with Gasteiger partial charge in [-0.1, -0.05) is 23.7 Å². The second-order valence-corrected chi connectivity index (χ2v) is 8.83. The smallest absolute Gasteiger partial charge is 0.227 e. The summed E-state index contributed by atoms with van der Waals surface area (Å²) in [5.74, 6) is -0.114. The van der Waals surface area contributed by atoms with Crippen LogP contribution in [0.4, 0.5) is 15.8 Å². The molecule has 172 valence electrons. The van der Waals surface area contributed by atoms with Gasteiger partial charge in [-0.15, -0.1) is 0 Å². The van der Waals surface area contributed by atoms with E-state index >= 15 is 0 Å². The number of aliphatic hydroxyl groups excluding tert-OH is 1.